The van der Waals surface area contributed by atoms with E-state index in [1.165, 1.54) is 35.5 Å². The van der Waals surface area contributed by atoms with Crippen LogP contribution in [0.1, 0.15) is 11.1 Å². The number of hydrogen-bond donors (Lipinski definition) is 1. The van der Waals surface area contributed by atoms with Gasteiger partial charge in [-0.3, -0.25) is 4.90 Å². The first-order valence-electron chi connectivity index (χ1n) is 9.24. The van der Waals surface area contributed by atoms with Crippen molar-refractivity contribution in [2.45, 2.75) is 18.6 Å². The molecule has 1 aromatic heterocycles. The highest BCUT2D eigenvalue weighted by atomic mass is 19.1. The quantitative estimate of drug-likeness (QED) is 0.544. The Hall–Kier alpha value is -3.22. The summed E-state index contributed by atoms with van der Waals surface area (Å²) in [5.74, 6) is -2.00. The molecule has 156 valence electrons. The minimum absolute atomic E-state index is 0.0241. The van der Waals surface area contributed by atoms with Crippen LogP contribution in [-0.2, 0) is 18.6 Å². The van der Waals surface area contributed by atoms with Gasteiger partial charge in [-0.1, -0.05) is 18.2 Å². The second kappa shape index (κ2) is 9.52. The van der Waals surface area contributed by atoms with E-state index in [4.69, 9.17) is 0 Å². The van der Waals surface area contributed by atoms with Crippen LogP contribution >= 0.6 is 0 Å². The Morgan fingerprint density at radius 1 is 1.10 bits per heavy atom. The molecule has 1 atom stereocenters. The first-order valence-corrected chi connectivity index (χ1v) is 9.24. The Labute approximate surface area is 171 Å². The summed E-state index contributed by atoms with van der Waals surface area (Å²) >= 11 is 0. The van der Waals surface area contributed by atoms with Crippen LogP contribution in [0.3, 0.4) is 0 Å². The number of benzene rings is 2. The maximum atomic E-state index is 14.5. The lowest BCUT2D eigenvalue weighted by Crippen LogP contribution is -2.45. The van der Waals surface area contributed by atoms with E-state index in [1.807, 2.05) is 6.07 Å². The van der Waals surface area contributed by atoms with Crippen molar-refractivity contribution in [3.05, 3.63) is 83.7 Å². The molecule has 1 N–H and O–H groups in total. The minimum Gasteiger partial charge on any atom is -0.382 e. The van der Waals surface area contributed by atoms with E-state index >= 15 is 0 Å². The van der Waals surface area contributed by atoms with Gasteiger partial charge in [0.1, 0.15) is 35.7 Å². The van der Waals surface area contributed by atoms with Crippen LogP contribution in [0.4, 0.5) is 13.2 Å². The molecule has 0 bridgehead atoms. The zero-order chi connectivity index (χ0) is 21.6. The van der Waals surface area contributed by atoms with E-state index in [0.29, 0.717) is 19.0 Å². The number of nitrogens with zero attached hydrogens (tertiary/aromatic N) is 5. The number of aromatic nitrogens is 3. The minimum atomic E-state index is -1.80. The summed E-state index contributed by atoms with van der Waals surface area (Å²) in [4.78, 5) is 5.48. The van der Waals surface area contributed by atoms with E-state index in [9.17, 15) is 23.5 Å². The standard InChI is InChI=1S/C21H20F3N5O/c22-17-3-1-16(2-4-17)7-9-28(10-8-25)12-21(30,13-29-15-26-14-27-29)19-6-5-18(23)11-20(19)24/h1-6,11,14-15,30H,7,9-10,12-13H2. The number of rotatable bonds is 9. The molecule has 2 aromatic carbocycles. The van der Waals surface area contributed by atoms with Gasteiger partial charge in [0.25, 0.3) is 0 Å². The summed E-state index contributed by atoms with van der Waals surface area (Å²) < 4.78 is 42.4. The summed E-state index contributed by atoms with van der Waals surface area (Å²) in [6, 6.07) is 11.0. The van der Waals surface area contributed by atoms with E-state index in [0.717, 1.165) is 11.6 Å². The fourth-order valence-electron chi connectivity index (χ4n) is 3.29. The normalized spacial score (nSPS) is 13.2. The van der Waals surface area contributed by atoms with Gasteiger partial charge < -0.3 is 5.11 Å². The molecule has 6 nitrogen and oxygen atoms in total. The van der Waals surface area contributed by atoms with Crippen molar-refractivity contribution in [1.82, 2.24) is 19.7 Å². The molecular formula is C21H20F3N5O. The molecule has 0 saturated heterocycles. The third-order valence-electron chi connectivity index (χ3n) is 4.73. The SMILES string of the molecule is N#CCN(CCc1ccc(F)cc1)CC(O)(Cn1cncn1)c1ccc(F)cc1F. The molecule has 0 saturated carbocycles. The zero-order valence-corrected chi connectivity index (χ0v) is 16.0. The smallest absolute Gasteiger partial charge is 0.137 e. The largest absolute Gasteiger partial charge is 0.382 e. The van der Waals surface area contributed by atoms with Crippen LogP contribution in [0.25, 0.3) is 0 Å². The molecule has 30 heavy (non-hydrogen) atoms. The fraction of sp³-hybridized carbons (Fsp3) is 0.286. The highest BCUT2D eigenvalue weighted by Gasteiger charge is 2.35. The third-order valence-corrected chi connectivity index (χ3v) is 4.73. The van der Waals surface area contributed by atoms with Gasteiger partial charge in [-0.2, -0.15) is 10.4 Å². The van der Waals surface area contributed by atoms with Gasteiger partial charge >= 0.3 is 0 Å². The van der Waals surface area contributed by atoms with Crippen molar-refractivity contribution in [2.75, 3.05) is 19.6 Å². The molecule has 1 unspecified atom stereocenters. The Kier molecular flexibility index (Phi) is 6.82. The topological polar surface area (TPSA) is 78.0 Å². The van der Waals surface area contributed by atoms with Crippen LogP contribution in [0.5, 0.6) is 0 Å². The summed E-state index contributed by atoms with van der Waals surface area (Å²) in [7, 11) is 0. The Morgan fingerprint density at radius 2 is 1.83 bits per heavy atom. The zero-order valence-electron chi connectivity index (χ0n) is 16.0. The van der Waals surface area contributed by atoms with E-state index in [1.54, 1.807) is 17.0 Å². The first-order chi connectivity index (χ1) is 14.4. The number of halogens is 3. The van der Waals surface area contributed by atoms with Crippen molar-refractivity contribution in [2.24, 2.45) is 0 Å². The second-order valence-corrected chi connectivity index (χ2v) is 6.99. The van der Waals surface area contributed by atoms with Crippen LogP contribution in [-0.4, -0.2) is 44.4 Å². The Balaban J connectivity index is 1.84. The molecule has 0 radical (unpaired) electrons. The molecule has 0 fully saturated rings. The molecule has 9 heteroatoms. The second-order valence-electron chi connectivity index (χ2n) is 6.99. The molecule has 0 amide bonds. The third kappa shape index (κ3) is 5.43. The first kappa shape index (κ1) is 21.5. The maximum absolute atomic E-state index is 14.5. The highest BCUT2D eigenvalue weighted by Crippen LogP contribution is 2.28. The molecule has 0 aliphatic heterocycles. The summed E-state index contributed by atoms with van der Waals surface area (Å²) in [5, 5.41) is 24.6. The molecule has 0 aliphatic carbocycles. The summed E-state index contributed by atoms with van der Waals surface area (Å²) in [5.41, 5.74) is -1.05. The summed E-state index contributed by atoms with van der Waals surface area (Å²) in [6.45, 7) is 0.0869. The van der Waals surface area contributed by atoms with Crippen molar-refractivity contribution in [3.63, 3.8) is 0 Å². The maximum Gasteiger partial charge on any atom is 0.137 e. The molecule has 0 spiro atoms. The van der Waals surface area contributed by atoms with Gasteiger partial charge in [-0.15, -0.1) is 0 Å². The van der Waals surface area contributed by atoms with Gasteiger partial charge in [0.2, 0.25) is 0 Å². The predicted octanol–water partition coefficient (Wildman–Crippen LogP) is 2.65. The molecule has 3 aromatic rings. The highest BCUT2D eigenvalue weighted by molar-refractivity contribution is 5.26. The molecule has 0 aliphatic rings. The Bertz CT molecular complexity index is 1000. The van der Waals surface area contributed by atoms with Crippen LogP contribution in [0, 0.1) is 28.8 Å². The molecular weight excluding hydrogens is 395 g/mol. The van der Waals surface area contributed by atoms with Gasteiger partial charge in [0.05, 0.1) is 19.2 Å². The van der Waals surface area contributed by atoms with Crippen molar-refractivity contribution < 1.29 is 18.3 Å². The van der Waals surface area contributed by atoms with Gasteiger partial charge in [0, 0.05) is 24.7 Å². The van der Waals surface area contributed by atoms with Crippen molar-refractivity contribution in [1.29, 1.82) is 5.26 Å². The number of nitriles is 1. The van der Waals surface area contributed by atoms with Gasteiger partial charge in [-0.25, -0.2) is 22.8 Å². The van der Waals surface area contributed by atoms with Crippen LogP contribution < -0.4 is 0 Å². The molecule has 3 rings (SSSR count). The van der Waals surface area contributed by atoms with Crippen molar-refractivity contribution >= 4 is 0 Å². The van der Waals surface area contributed by atoms with Crippen molar-refractivity contribution in [3.8, 4) is 6.07 Å². The average Bonchev–Trinajstić information content (AvgIpc) is 3.20. The van der Waals surface area contributed by atoms with Gasteiger partial charge in [-0.05, 0) is 30.2 Å². The Morgan fingerprint density at radius 3 is 2.47 bits per heavy atom. The number of hydrogen-bond acceptors (Lipinski definition) is 5. The van der Waals surface area contributed by atoms with E-state index < -0.39 is 17.2 Å². The van der Waals surface area contributed by atoms with E-state index in [2.05, 4.69) is 10.1 Å². The predicted molar refractivity (Wildman–Crippen MR) is 102 cm³/mol. The lowest BCUT2D eigenvalue weighted by atomic mass is 9.92. The van der Waals surface area contributed by atoms with Crippen LogP contribution in [0.2, 0.25) is 0 Å². The lowest BCUT2D eigenvalue weighted by molar-refractivity contribution is -0.0185. The summed E-state index contributed by atoms with van der Waals surface area (Å²) in [6.07, 6.45) is 3.15. The molecule has 1 heterocycles. The fourth-order valence-corrected chi connectivity index (χ4v) is 3.29. The average molecular weight is 415 g/mol. The monoisotopic (exact) mass is 415 g/mol. The van der Waals surface area contributed by atoms with Crippen LogP contribution in [0.15, 0.2) is 55.1 Å². The lowest BCUT2D eigenvalue weighted by Gasteiger charge is -2.34. The number of aliphatic hydroxyl groups is 1. The van der Waals surface area contributed by atoms with E-state index in [-0.39, 0.29) is 31.0 Å². The van der Waals surface area contributed by atoms with Gasteiger partial charge in [0.15, 0.2) is 0 Å².